The molecule has 4 heteroatoms. The third-order valence-electron chi connectivity index (χ3n) is 3.60. The molecule has 0 aliphatic carbocycles. The maximum atomic E-state index is 12.4. The highest BCUT2D eigenvalue weighted by molar-refractivity contribution is 6.05. The first kappa shape index (κ1) is 18.2. The van der Waals surface area contributed by atoms with Crippen LogP contribution in [0.1, 0.15) is 27.0 Å². The highest BCUT2D eigenvalue weighted by atomic mass is 16.2. The van der Waals surface area contributed by atoms with E-state index in [0.717, 1.165) is 16.7 Å². The van der Waals surface area contributed by atoms with Crippen molar-refractivity contribution < 1.29 is 9.59 Å². The SMILES string of the molecule is C=CCNC(=O)C(=Cc1ccc(C)cc1)NC(=O)c1ccc(C)cc1. The second-order valence-electron chi connectivity index (χ2n) is 5.79. The molecular formula is C21H22N2O2. The molecule has 2 aromatic carbocycles. The molecule has 25 heavy (non-hydrogen) atoms. The molecule has 0 saturated heterocycles. The smallest absolute Gasteiger partial charge is 0.268 e. The van der Waals surface area contributed by atoms with Crippen LogP contribution >= 0.6 is 0 Å². The maximum Gasteiger partial charge on any atom is 0.268 e. The van der Waals surface area contributed by atoms with Gasteiger partial charge in [0.25, 0.3) is 11.8 Å². The van der Waals surface area contributed by atoms with E-state index in [1.807, 2.05) is 50.2 Å². The van der Waals surface area contributed by atoms with Crippen LogP contribution in [0, 0.1) is 13.8 Å². The summed E-state index contributed by atoms with van der Waals surface area (Å²) in [6.07, 6.45) is 3.24. The Balaban J connectivity index is 2.25. The molecule has 2 rings (SSSR count). The third kappa shape index (κ3) is 5.46. The number of aryl methyl sites for hydroxylation is 2. The van der Waals surface area contributed by atoms with Crippen LogP contribution in [0.3, 0.4) is 0 Å². The van der Waals surface area contributed by atoms with Crippen molar-refractivity contribution in [2.24, 2.45) is 0 Å². The predicted molar refractivity (Wildman–Crippen MR) is 101 cm³/mol. The lowest BCUT2D eigenvalue weighted by molar-refractivity contribution is -0.117. The Labute approximate surface area is 148 Å². The van der Waals surface area contributed by atoms with E-state index in [-0.39, 0.29) is 17.5 Å². The largest absolute Gasteiger partial charge is 0.347 e. The van der Waals surface area contributed by atoms with Crippen LogP contribution in [-0.2, 0) is 4.79 Å². The first-order chi connectivity index (χ1) is 12.0. The van der Waals surface area contributed by atoms with E-state index in [0.29, 0.717) is 12.1 Å². The zero-order valence-corrected chi connectivity index (χ0v) is 14.5. The van der Waals surface area contributed by atoms with E-state index in [1.54, 1.807) is 24.3 Å². The van der Waals surface area contributed by atoms with Crippen molar-refractivity contribution in [3.8, 4) is 0 Å². The fourth-order valence-corrected chi connectivity index (χ4v) is 2.15. The number of nitrogens with one attached hydrogen (secondary N) is 2. The van der Waals surface area contributed by atoms with E-state index < -0.39 is 0 Å². The molecule has 0 bridgehead atoms. The number of carbonyl (C=O) groups is 2. The summed E-state index contributed by atoms with van der Waals surface area (Å²) >= 11 is 0. The Morgan fingerprint density at radius 2 is 1.52 bits per heavy atom. The van der Waals surface area contributed by atoms with Crippen LogP contribution in [0.25, 0.3) is 6.08 Å². The van der Waals surface area contributed by atoms with Crippen LogP contribution in [0.4, 0.5) is 0 Å². The third-order valence-corrected chi connectivity index (χ3v) is 3.60. The molecule has 0 heterocycles. The minimum absolute atomic E-state index is 0.191. The fraction of sp³-hybridized carbons (Fsp3) is 0.143. The van der Waals surface area contributed by atoms with Gasteiger partial charge in [-0.25, -0.2) is 0 Å². The first-order valence-corrected chi connectivity index (χ1v) is 8.05. The lowest BCUT2D eigenvalue weighted by Crippen LogP contribution is -2.34. The van der Waals surface area contributed by atoms with Crippen molar-refractivity contribution in [3.63, 3.8) is 0 Å². The normalized spacial score (nSPS) is 10.9. The van der Waals surface area contributed by atoms with Gasteiger partial charge < -0.3 is 10.6 Å². The molecule has 0 radical (unpaired) electrons. The van der Waals surface area contributed by atoms with Gasteiger partial charge >= 0.3 is 0 Å². The molecule has 0 aromatic heterocycles. The monoisotopic (exact) mass is 334 g/mol. The maximum absolute atomic E-state index is 12.4. The summed E-state index contributed by atoms with van der Waals surface area (Å²) in [5.74, 6) is -0.687. The lowest BCUT2D eigenvalue weighted by atomic mass is 10.1. The Kier molecular flexibility index (Phi) is 6.29. The van der Waals surface area contributed by atoms with E-state index >= 15 is 0 Å². The minimum atomic E-state index is -0.360. The quantitative estimate of drug-likeness (QED) is 0.628. The molecule has 0 fully saturated rings. The van der Waals surface area contributed by atoms with Crippen molar-refractivity contribution in [1.29, 1.82) is 0 Å². The van der Waals surface area contributed by atoms with Gasteiger partial charge in [0.05, 0.1) is 0 Å². The van der Waals surface area contributed by atoms with E-state index in [4.69, 9.17) is 0 Å². The molecule has 128 valence electrons. The summed E-state index contributed by atoms with van der Waals surface area (Å²) in [7, 11) is 0. The van der Waals surface area contributed by atoms with Crippen LogP contribution < -0.4 is 10.6 Å². The predicted octanol–water partition coefficient (Wildman–Crippen LogP) is 3.38. The Morgan fingerprint density at radius 3 is 2.08 bits per heavy atom. The molecule has 2 N–H and O–H groups in total. The second kappa shape index (κ2) is 8.64. The highest BCUT2D eigenvalue weighted by Gasteiger charge is 2.14. The summed E-state index contributed by atoms with van der Waals surface area (Å²) in [4.78, 5) is 24.8. The van der Waals surface area contributed by atoms with Crippen LogP contribution in [0.2, 0.25) is 0 Å². The van der Waals surface area contributed by atoms with Gasteiger partial charge in [-0.15, -0.1) is 6.58 Å². The summed E-state index contributed by atoms with van der Waals surface area (Å²) in [6.45, 7) is 7.85. The molecule has 0 spiro atoms. The summed E-state index contributed by atoms with van der Waals surface area (Å²) in [5, 5.41) is 5.39. The van der Waals surface area contributed by atoms with Gasteiger partial charge in [0, 0.05) is 12.1 Å². The number of benzene rings is 2. The Hall–Kier alpha value is -3.14. The second-order valence-corrected chi connectivity index (χ2v) is 5.79. The topological polar surface area (TPSA) is 58.2 Å². The first-order valence-electron chi connectivity index (χ1n) is 8.05. The van der Waals surface area contributed by atoms with Crippen molar-refractivity contribution >= 4 is 17.9 Å². The summed E-state index contributed by atoms with van der Waals surface area (Å²) in [5.41, 5.74) is 3.71. The van der Waals surface area contributed by atoms with Crippen molar-refractivity contribution in [1.82, 2.24) is 10.6 Å². The van der Waals surface area contributed by atoms with Gasteiger partial charge in [0.1, 0.15) is 5.70 Å². The van der Waals surface area contributed by atoms with Crippen LogP contribution in [-0.4, -0.2) is 18.4 Å². The molecule has 4 nitrogen and oxygen atoms in total. The summed E-state index contributed by atoms with van der Waals surface area (Å²) in [6, 6.07) is 14.9. The van der Waals surface area contributed by atoms with Crippen LogP contribution in [0.15, 0.2) is 66.9 Å². The average molecular weight is 334 g/mol. The molecule has 2 amide bonds. The Morgan fingerprint density at radius 1 is 0.960 bits per heavy atom. The van der Waals surface area contributed by atoms with E-state index in [9.17, 15) is 9.59 Å². The van der Waals surface area contributed by atoms with Crippen molar-refractivity contribution in [2.45, 2.75) is 13.8 Å². The zero-order chi connectivity index (χ0) is 18.2. The fourth-order valence-electron chi connectivity index (χ4n) is 2.15. The highest BCUT2D eigenvalue weighted by Crippen LogP contribution is 2.09. The van der Waals surface area contributed by atoms with Gasteiger partial charge in [0.2, 0.25) is 0 Å². The minimum Gasteiger partial charge on any atom is -0.347 e. The molecular weight excluding hydrogens is 312 g/mol. The molecule has 0 atom stereocenters. The summed E-state index contributed by atoms with van der Waals surface area (Å²) < 4.78 is 0. The number of amides is 2. The molecule has 0 aliphatic heterocycles. The standard InChI is InChI=1S/C21H22N2O2/c1-4-13-22-21(25)19(14-17-9-5-15(2)6-10-17)23-20(24)18-11-7-16(3)8-12-18/h4-12,14H,1,13H2,2-3H3,(H,22,25)(H,23,24). The number of hydrogen-bond donors (Lipinski definition) is 2. The molecule has 2 aromatic rings. The molecule has 0 saturated carbocycles. The van der Waals surface area contributed by atoms with Gasteiger partial charge in [-0.3, -0.25) is 9.59 Å². The van der Waals surface area contributed by atoms with Gasteiger partial charge in [-0.2, -0.15) is 0 Å². The number of hydrogen-bond acceptors (Lipinski definition) is 2. The van der Waals surface area contributed by atoms with Crippen LogP contribution in [0.5, 0.6) is 0 Å². The number of carbonyl (C=O) groups excluding carboxylic acids is 2. The van der Waals surface area contributed by atoms with Crippen molar-refractivity contribution in [2.75, 3.05) is 6.54 Å². The average Bonchev–Trinajstić information content (AvgIpc) is 2.61. The number of rotatable bonds is 6. The van der Waals surface area contributed by atoms with Gasteiger partial charge in [-0.1, -0.05) is 53.6 Å². The Bertz CT molecular complexity index is 788. The molecule has 0 unspecified atom stereocenters. The van der Waals surface area contributed by atoms with E-state index in [1.165, 1.54) is 0 Å². The lowest BCUT2D eigenvalue weighted by Gasteiger charge is -2.10. The zero-order valence-electron chi connectivity index (χ0n) is 14.5. The molecule has 0 aliphatic rings. The van der Waals surface area contributed by atoms with Crippen molar-refractivity contribution in [3.05, 3.63) is 89.1 Å². The van der Waals surface area contributed by atoms with Gasteiger partial charge in [0.15, 0.2) is 0 Å². The van der Waals surface area contributed by atoms with E-state index in [2.05, 4.69) is 17.2 Å². The van der Waals surface area contributed by atoms with Gasteiger partial charge in [-0.05, 0) is 37.6 Å².